The number of hydrogen-bond acceptors (Lipinski definition) is 2. The molecule has 0 saturated heterocycles. The Morgan fingerprint density at radius 2 is 2.00 bits per heavy atom. The van der Waals surface area contributed by atoms with Gasteiger partial charge in [-0.2, -0.15) is 0 Å². The van der Waals surface area contributed by atoms with E-state index in [2.05, 4.69) is 25.5 Å². The lowest BCUT2D eigenvalue weighted by molar-refractivity contribution is 0.551. The summed E-state index contributed by atoms with van der Waals surface area (Å²) in [6.07, 6.45) is 4.80. The zero-order chi connectivity index (χ0) is 15.0. The minimum absolute atomic E-state index is 0.369. The molecule has 0 atom stereocenters. The van der Waals surface area contributed by atoms with Crippen molar-refractivity contribution in [1.82, 2.24) is 4.72 Å². The number of sulfonamides is 1. The van der Waals surface area contributed by atoms with E-state index < -0.39 is 10.0 Å². The summed E-state index contributed by atoms with van der Waals surface area (Å²) in [5, 5.41) is 0. The average molecular weight is 296 g/mol. The van der Waals surface area contributed by atoms with E-state index >= 15 is 0 Å². The molecule has 0 bridgehead atoms. The molecule has 0 aliphatic heterocycles. The van der Waals surface area contributed by atoms with E-state index in [1.807, 2.05) is 12.1 Å². The molecule has 20 heavy (non-hydrogen) atoms. The van der Waals surface area contributed by atoms with Crippen molar-refractivity contribution < 1.29 is 8.42 Å². The Morgan fingerprint density at radius 1 is 1.25 bits per heavy atom. The summed E-state index contributed by atoms with van der Waals surface area (Å²) < 4.78 is 27.0. The molecule has 0 unspecified atom stereocenters. The second-order valence-corrected chi connectivity index (χ2v) is 7.31. The van der Waals surface area contributed by atoms with Gasteiger partial charge in [0, 0.05) is 6.54 Å². The van der Waals surface area contributed by atoms with E-state index in [0.717, 1.165) is 37.7 Å². The molecule has 1 rings (SSSR count). The number of hydrogen-bond donors (Lipinski definition) is 1. The molecular weight excluding hydrogens is 270 g/mol. The van der Waals surface area contributed by atoms with Crippen molar-refractivity contribution in [2.75, 3.05) is 6.54 Å². The first-order valence-corrected chi connectivity index (χ1v) is 8.82. The van der Waals surface area contributed by atoms with Gasteiger partial charge in [0.25, 0.3) is 0 Å². The number of rotatable bonds is 9. The standard InChI is InChI=1S/C16H26NO2S/c1-4-5-6-8-15-9-7-10-16(13-15)20(18,19)17-12-11-14(2)3/h7,9-10,13-14,17H,1,4-6,8,11-12H2,2-3H3. The van der Waals surface area contributed by atoms with Crippen LogP contribution in [-0.4, -0.2) is 15.0 Å². The van der Waals surface area contributed by atoms with E-state index in [0.29, 0.717) is 17.4 Å². The minimum Gasteiger partial charge on any atom is -0.211 e. The van der Waals surface area contributed by atoms with Gasteiger partial charge in [0.15, 0.2) is 0 Å². The van der Waals surface area contributed by atoms with Crippen molar-refractivity contribution in [3.8, 4) is 0 Å². The van der Waals surface area contributed by atoms with Gasteiger partial charge in [-0.05, 0) is 42.9 Å². The van der Waals surface area contributed by atoms with Crippen molar-refractivity contribution in [1.29, 1.82) is 0 Å². The van der Waals surface area contributed by atoms with Gasteiger partial charge >= 0.3 is 0 Å². The molecule has 3 nitrogen and oxygen atoms in total. The summed E-state index contributed by atoms with van der Waals surface area (Å²) in [7, 11) is -3.37. The van der Waals surface area contributed by atoms with Crippen LogP contribution in [0.25, 0.3) is 0 Å². The predicted molar refractivity (Wildman–Crippen MR) is 84.0 cm³/mol. The highest BCUT2D eigenvalue weighted by Gasteiger charge is 2.13. The van der Waals surface area contributed by atoms with Crippen molar-refractivity contribution in [2.45, 2.75) is 50.8 Å². The molecule has 0 aliphatic carbocycles. The zero-order valence-electron chi connectivity index (χ0n) is 12.6. The van der Waals surface area contributed by atoms with E-state index in [4.69, 9.17) is 0 Å². The summed E-state index contributed by atoms with van der Waals surface area (Å²) in [4.78, 5) is 0.369. The van der Waals surface area contributed by atoms with E-state index in [1.54, 1.807) is 12.1 Å². The third kappa shape index (κ3) is 6.06. The van der Waals surface area contributed by atoms with Crippen molar-refractivity contribution >= 4 is 10.0 Å². The van der Waals surface area contributed by atoms with Gasteiger partial charge < -0.3 is 0 Å². The SMILES string of the molecule is [CH2]CCCCc1cccc(S(=O)(=O)NCCC(C)C)c1. The molecule has 0 fully saturated rings. The molecule has 0 heterocycles. The first kappa shape index (κ1) is 17.2. The molecule has 113 valence electrons. The molecule has 0 amide bonds. The van der Waals surface area contributed by atoms with Crippen LogP contribution in [0.2, 0.25) is 0 Å². The van der Waals surface area contributed by atoms with E-state index in [9.17, 15) is 8.42 Å². The lowest BCUT2D eigenvalue weighted by atomic mass is 10.1. The Bertz CT molecular complexity index is 495. The number of aryl methyl sites for hydroxylation is 1. The lowest BCUT2D eigenvalue weighted by Crippen LogP contribution is -2.25. The average Bonchev–Trinajstić information content (AvgIpc) is 2.39. The summed E-state index contributed by atoms with van der Waals surface area (Å²) in [5.74, 6) is 0.492. The first-order valence-electron chi connectivity index (χ1n) is 7.33. The van der Waals surface area contributed by atoms with Crippen LogP contribution < -0.4 is 4.72 Å². The maximum atomic E-state index is 12.2. The number of nitrogens with one attached hydrogen (secondary N) is 1. The maximum absolute atomic E-state index is 12.2. The largest absolute Gasteiger partial charge is 0.240 e. The van der Waals surface area contributed by atoms with Crippen molar-refractivity contribution in [3.63, 3.8) is 0 Å². The van der Waals surface area contributed by atoms with Crippen LogP contribution in [0, 0.1) is 12.8 Å². The normalized spacial score (nSPS) is 12.0. The van der Waals surface area contributed by atoms with Crippen LogP contribution in [0.4, 0.5) is 0 Å². The molecule has 0 spiro atoms. The van der Waals surface area contributed by atoms with Gasteiger partial charge in [0.2, 0.25) is 10.0 Å². The van der Waals surface area contributed by atoms with Crippen molar-refractivity contribution in [3.05, 3.63) is 36.8 Å². The highest BCUT2D eigenvalue weighted by atomic mass is 32.2. The van der Waals surface area contributed by atoms with E-state index in [1.165, 1.54) is 0 Å². The highest BCUT2D eigenvalue weighted by molar-refractivity contribution is 7.89. The van der Waals surface area contributed by atoms with E-state index in [-0.39, 0.29) is 0 Å². The molecule has 1 N–H and O–H groups in total. The molecule has 1 radical (unpaired) electrons. The predicted octanol–water partition coefficient (Wildman–Crippen LogP) is 3.56. The summed E-state index contributed by atoms with van der Waals surface area (Å²) in [5.41, 5.74) is 1.07. The van der Waals surface area contributed by atoms with Gasteiger partial charge in [-0.3, -0.25) is 0 Å². The Morgan fingerprint density at radius 3 is 2.65 bits per heavy atom. The van der Waals surface area contributed by atoms with Crippen molar-refractivity contribution in [2.24, 2.45) is 5.92 Å². The van der Waals surface area contributed by atoms with Crippen LogP contribution in [0.1, 0.15) is 45.1 Å². The maximum Gasteiger partial charge on any atom is 0.240 e. The van der Waals surface area contributed by atoms with Gasteiger partial charge in [-0.25, -0.2) is 13.1 Å². The quantitative estimate of drug-likeness (QED) is 0.708. The Hall–Kier alpha value is -0.870. The zero-order valence-corrected chi connectivity index (χ0v) is 13.4. The monoisotopic (exact) mass is 296 g/mol. The van der Waals surface area contributed by atoms with Crippen LogP contribution >= 0.6 is 0 Å². The highest BCUT2D eigenvalue weighted by Crippen LogP contribution is 2.14. The number of benzene rings is 1. The van der Waals surface area contributed by atoms with Crippen LogP contribution in [-0.2, 0) is 16.4 Å². The second kappa shape index (κ2) is 8.42. The van der Waals surface area contributed by atoms with Gasteiger partial charge in [0.1, 0.15) is 0 Å². The first-order chi connectivity index (χ1) is 9.45. The lowest BCUT2D eigenvalue weighted by Gasteiger charge is -2.09. The Labute approximate surface area is 123 Å². The number of unbranched alkanes of at least 4 members (excludes halogenated alkanes) is 2. The van der Waals surface area contributed by atoms with Gasteiger partial charge in [0.05, 0.1) is 4.90 Å². The molecule has 4 heteroatoms. The van der Waals surface area contributed by atoms with Crippen LogP contribution in [0.3, 0.4) is 0 Å². The minimum atomic E-state index is -3.37. The summed E-state index contributed by atoms with van der Waals surface area (Å²) in [6, 6.07) is 7.23. The third-order valence-electron chi connectivity index (χ3n) is 3.19. The molecular formula is C16H26NO2S. The Balaban J connectivity index is 2.67. The topological polar surface area (TPSA) is 46.2 Å². The third-order valence-corrected chi connectivity index (χ3v) is 4.65. The molecule has 1 aromatic rings. The smallest absolute Gasteiger partial charge is 0.211 e. The van der Waals surface area contributed by atoms with Crippen LogP contribution in [0.5, 0.6) is 0 Å². The fourth-order valence-electron chi connectivity index (χ4n) is 1.94. The molecule has 0 aliphatic rings. The summed E-state index contributed by atoms with van der Waals surface area (Å²) >= 11 is 0. The fraction of sp³-hybridized carbons (Fsp3) is 0.562. The second-order valence-electron chi connectivity index (χ2n) is 5.54. The van der Waals surface area contributed by atoms with Gasteiger partial charge in [-0.1, -0.05) is 45.7 Å². The fourth-order valence-corrected chi connectivity index (χ4v) is 3.06. The molecule has 1 aromatic carbocycles. The summed E-state index contributed by atoms with van der Waals surface area (Å²) in [6.45, 7) is 8.47. The molecule has 0 saturated carbocycles. The van der Waals surface area contributed by atoms with Gasteiger partial charge in [-0.15, -0.1) is 0 Å². The Kier molecular flexibility index (Phi) is 7.24. The molecule has 0 aromatic heterocycles. The van der Waals surface area contributed by atoms with Crippen LogP contribution in [0.15, 0.2) is 29.2 Å².